The molecule has 6 N–H and O–H groups in total. The molecule has 0 saturated carbocycles. The predicted octanol–water partition coefficient (Wildman–Crippen LogP) is 5.46. The van der Waals surface area contributed by atoms with E-state index in [0.717, 1.165) is 41.3 Å². The summed E-state index contributed by atoms with van der Waals surface area (Å²) in [6.45, 7) is 6.07. The summed E-state index contributed by atoms with van der Waals surface area (Å²) >= 11 is 6.21. The van der Waals surface area contributed by atoms with E-state index in [1.165, 1.54) is 7.11 Å². The summed E-state index contributed by atoms with van der Waals surface area (Å²) in [6.07, 6.45) is 5.91. The molecule has 4 atom stereocenters. The summed E-state index contributed by atoms with van der Waals surface area (Å²) in [5.74, 6) is -0.905. The van der Waals surface area contributed by atoms with Gasteiger partial charge in [0, 0.05) is 60.4 Å². The number of likely N-dealkylation sites (tertiary alicyclic amines) is 2. The summed E-state index contributed by atoms with van der Waals surface area (Å²) in [6, 6.07) is 16.8. The first kappa shape index (κ1) is 43.3. The predicted molar refractivity (Wildman–Crippen MR) is 228 cm³/mol. The largest absolute Gasteiger partial charge is 0.508 e. The van der Waals surface area contributed by atoms with E-state index in [0.29, 0.717) is 74.1 Å². The van der Waals surface area contributed by atoms with Crippen molar-refractivity contribution < 1.29 is 33.8 Å². The molecule has 0 aliphatic carbocycles. The Morgan fingerprint density at radius 2 is 1.76 bits per heavy atom. The van der Waals surface area contributed by atoms with Crippen molar-refractivity contribution in [3.63, 3.8) is 0 Å². The van der Waals surface area contributed by atoms with E-state index in [2.05, 4.69) is 15.6 Å². The number of hydrogen-bond donors (Lipinski definition) is 5. The number of methoxy groups -OCH3 is 1. The molecule has 316 valence electrons. The maximum Gasteiger partial charge on any atom is 0.254 e. The normalized spacial score (nSPS) is 18.1. The fourth-order valence-corrected chi connectivity index (χ4v) is 8.56. The number of nitrogens with one attached hydrogen (secondary N) is 3. The lowest BCUT2D eigenvalue weighted by Gasteiger charge is -2.40. The summed E-state index contributed by atoms with van der Waals surface area (Å²) in [5.41, 5.74) is 8.66. The second kappa shape index (κ2) is 20.1. The van der Waals surface area contributed by atoms with Crippen molar-refractivity contribution in [1.29, 1.82) is 0 Å². The Morgan fingerprint density at radius 3 is 2.53 bits per heavy atom. The molecule has 6 rings (SSSR count). The number of ether oxygens (including phenoxy) is 2. The van der Waals surface area contributed by atoms with E-state index in [1.807, 2.05) is 38.2 Å². The Bertz CT molecular complexity index is 2110. The van der Waals surface area contributed by atoms with Crippen LogP contribution in [0.3, 0.4) is 0 Å². The quantitative estimate of drug-likeness (QED) is 0.0821. The van der Waals surface area contributed by atoms with Gasteiger partial charge in [-0.2, -0.15) is 0 Å². The first-order chi connectivity index (χ1) is 28.4. The number of rotatable bonds is 18. The molecule has 4 unspecified atom stereocenters. The van der Waals surface area contributed by atoms with Gasteiger partial charge in [-0.3, -0.25) is 19.2 Å². The molecule has 59 heavy (non-hydrogen) atoms. The molecule has 2 fully saturated rings. The van der Waals surface area contributed by atoms with Gasteiger partial charge in [0.2, 0.25) is 17.7 Å². The van der Waals surface area contributed by atoms with Crippen molar-refractivity contribution in [2.45, 2.75) is 70.9 Å². The third-order valence-electron chi connectivity index (χ3n) is 11.4. The molecule has 0 radical (unpaired) electrons. The fraction of sp³-hybridized carbons (Fsp3) is 0.467. The number of H-pyrrole nitrogens is 1. The molecule has 3 aromatic carbocycles. The van der Waals surface area contributed by atoms with Crippen LogP contribution in [0.5, 0.6) is 17.2 Å². The molecular weight excluding hydrogens is 772 g/mol. The Kier molecular flexibility index (Phi) is 14.8. The maximum absolute atomic E-state index is 14.6. The average Bonchev–Trinajstić information content (AvgIpc) is 3.83. The monoisotopic (exact) mass is 828 g/mol. The summed E-state index contributed by atoms with van der Waals surface area (Å²) < 4.78 is 11.4. The molecule has 0 spiro atoms. The standard InChI is InChI=1S/C45H57ClN6O7/c1-28(2)59-40-16-13-30(20-41(40)58-3)45(57)52-25-32-24-51(42(54)21-31-23-49-39-22-33(46)14-15-35(31)39)27-37(36(32)26-52)43(55)50-38(44(56)48-18-6-4-5-17-47)12-8-10-29-9-7-11-34(53)19-29/h7,9,11,13-16,19-20,22-23,28,32,36-38,49,53H,4-6,8,10,12,17-18,21,24-27,47H2,1-3H3,(H,48,56)(H,50,55). The lowest BCUT2D eigenvalue weighted by atomic mass is 9.79. The number of aryl methyl sites for hydroxylation is 1. The van der Waals surface area contributed by atoms with Gasteiger partial charge in [-0.05, 0) is 118 Å². The van der Waals surface area contributed by atoms with Gasteiger partial charge in [-0.25, -0.2) is 0 Å². The van der Waals surface area contributed by atoms with Gasteiger partial charge in [-0.15, -0.1) is 0 Å². The van der Waals surface area contributed by atoms with Gasteiger partial charge >= 0.3 is 0 Å². The van der Waals surface area contributed by atoms with Crippen LogP contribution in [0.2, 0.25) is 5.02 Å². The molecule has 4 aromatic rings. The summed E-state index contributed by atoms with van der Waals surface area (Å²) in [4.78, 5) is 63.2. The number of amides is 4. The van der Waals surface area contributed by atoms with Crippen LogP contribution >= 0.6 is 11.6 Å². The number of benzene rings is 3. The number of nitrogens with two attached hydrogens (primary N) is 1. The van der Waals surface area contributed by atoms with Crippen LogP contribution in [0.15, 0.2) is 66.9 Å². The number of unbranched alkanes of at least 4 members (excludes halogenated alkanes) is 2. The van der Waals surface area contributed by atoms with Crippen LogP contribution in [0.1, 0.15) is 67.4 Å². The van der Waals surface area contributed by atoms with Crippen molar-refractivity contribution >= 4 is 46.1 Å². The number of nitrogens with zero attached hydrogens (tertiary/aromatic N) is 2. The Hall–Kier alpha value is -5.27. The highest BCUT2D eigenvalue weighted by Crippen LogP contribution is 2.38. The highest BCUT2D eigenvalue weighted by molar-refractivity contribution is 6.31. The van der Waals surface area contributed by atoms with Crippen molar-refractivity contribution in [2.24, 2.45) is 23.5 Å². The number of aromatic nitrogens is 1. The number of phenols is 1. The highest BCUT2D eigenvalue weighted by atomic mass is 35.5. The minimum atomic E-state index is -0.824. The molecule has 13 nitrogen and oxygen atoms in total. The van der Waals surface area contributed by atoms with E-state index in [4.69, 9.17) is 26.8 Å². The van der Waals surface area contributed by atoms with Crippen LogP contribution in [0.4, 0.5) is 0 Å². The molecule has 3 heterocycles. The molecule has 1 aromatic heterocycles. The van der Waals surface area contributed by atoms with Crippen molar-refractivity contribution in [3.8, 4) is 17.2 Å². The third-order valence-corrected chi connectivity index (χ3v) is 11.6. The Balaban J connectivity index is 1.22. The number of piperidine rings is 1. The summed E-state index contributed by atoms with van der Waals surface area (Å²) in [7, 11) is 1.53. The minimum absolute atomic E-state index is 0.0827. The van der Waals surface area contributed by atoms with Crippen LogP contribution in [0.25, 0.3) is 10.9 Å². The van der Waals surface area contributed by atoms with Gasteiger partial charge in [-0.1, -0.05) is 36.2 Å². The first-order valence-corrected chi connectivity index (χ1v) is 21.0. The molecule has 14 heteroatoms. The van der Waals surface area contributed by atoms with E-state index in [9.17, 15) is 24.3 Å². The van der Waals surface area contributed by atoms with Crippen molar-refractivity contribution in [1.82, 2.24) is 25.4 Å². The van der Waals surface area contributed by atoms with Crippen LogP contribution in [0, 0.1) is 17.8 Å². The molecule has 2 aliphatic rings. The second-order valence-corrected chi connectivity index (χ2v) is 16.5. The molecule has 4 amide bonds. The van der Waals surface area contributed by atoms with Gasteiger partial charge in [0.15, 0.2) is 11.5 Å². The second-order valence-electron chi connectivity index (χ2n) is 16.0. The van der Waals surface area contributed by atoms with E-state index in [-0.39, 0.29) is 60.3 Å². The Labute approximate surface area is 350 Å². The molecule has 2 aliphatic heterocycles. The van der Waals surface area contributed by atoms with E-state index < -0.39 is 12.0 Å². The molecule has 0 bridgehead atoms. The highest BCUT2D eigenvalue weighted by Gasteiger charge is 2.48. The van der Waals surface area contributed by atoms with Gasteiger partial charge in [0.05, 0.1) is 25.6 Å². The number of hydrogen-bond acceptors (Lipinski definition) is 8. The fourth-order valence-electron chi connectivity index (χ4n) is 8.39. The number of carbonyl (C=O) groups is 4. The van der Waals surface area contributed by atoms with Gasteiger partial charge < -0.3 is 45.7 Å². The minimum Gasteiger partial charge on any atom is -0.508 e. The van der Waals surface area contributed by atoms with Crippen LogP contribution in [-0.2, 0) is 27.2 Å². The zero-order valence-electron chi connectivity index (χ0n) is 34.2. The van der Waals surface area contributed by atoms with Crippen LogP contribution < -0.4 is 25.8 Å². The smallest absolute Gasteiger partial charge is 0.254 e. The third kappa shape index (κ3) is 11.1. The number of aromatic amines is 1. The van der Waals surface area contributed by atoms with Crippen molar-refractivity contribution in [2.75, 3.05) is 46.4 Å². The molecular formula is C45H57ClN6O7. The summed E-state index contributed by atoms with van der Waals surface area (Å²) in [5, 5.41) is 17.6. The SMILES string of the molecule is COc1cc(C(=O)N2CC3CN(C(=O)Cc4c[nH]c5cc(Cl)ccc45)CC(C(=O)NC(CCCc4cccc(O)c4)C(=O)NCCCCCN)C3C2)ccc1OC(C)C. The number of carbonyl (C=O) groups excluding carboxylic acids is 4. The zero-order chi connectivity index (χ0) is 42.1. The van der Waals surface area contributed by atoms with Gasteiger partial charge in [0.1, 0.15) is 11.8 Å². The maximum atomic E-state index is 14.6. The first-order valence-electron chi connectivity index (χ1n) is 20.7. The average molecular weight is 829 g/mol. The van der Waals surface area contributed by atoms with E-state index >= 15 is 0 Å². The zero-order valence-corrected chi connectivity index (χ0v) is 34.9. The molecule has 2 saturated heterocycles. The lowest BCUT2D eigenvalue weighted by molar-refractivity contribution is -0.140. The van der Waals surface area contributed by atoms with Crippen LogP contribution in [-0.4, -0.2) is 102 Å². The number of halogens is 1. The topological polar surface area (TPSA) is 179 Å². The van der Waals surface area contributed by atoms with E-state index in [1.54, 1.807) is 52.3 Å². The number of phenolic OH excluding ortho intramolecular Hbond substituents is 1. The van der Waals surface area contributed by atoms with Gasteiger partial charge in [0.25, 0.3) is 5.91 Å². The van der Waals surface area contributed by atoms with Crippen molar-refractivity contribution in [3.05, 3.63) is 88.6 Å². The number of aromatic hydroxyl groups is 1. The Morgan fingerprint density at radius 1 is 0.949 bits per heavy atom. The number of fused-ring (bicyclic) bond motifs is 2. The lowest BCUT2D eigenvalue weighted by Crippen LogP contribution is -2.56.